The largest absolute Gasteiger partial charge is 0.460 e. The van der Waals surface area contributed by atoms with E-state index in [4.69, 9.17) is 4.74 Å². The highest BCUT2D eigenvalue weighted by atomic mass is 19.4. The monoisotopic (exact) mass is 342 g/mol. The van der Waals surface area contributed by atoms with Crippen molar-refractivity contribution in [1.82, 2.24) is 29.9 Å². The molecule has 10 heteroatoms. The first-order valence-corrected chi connectivity index (χ1v) is 7.64. The Morgan fingerprint density at radius 3 is 2.62 bits per heavy atom. The zero-order valence-electron chi connectivity index (χ0n) is 12.9. The summed E-state index contributed by atoms with van der Waals surface area (Å²) in [6.45, 7) is 3.20. The number of ether oxygens (including phenoxy) is 1. The molecule has 130 valence electrons. The summed E-state index contributed by atoms with van der Waals surface area (Å²) in [4.78, 5) is 9.47. The average molecular weight is 342 g/mol. The lowest BCUT2D eigenvalue weighted by atomic mass is 10.1. The minimum Gasteiger partial charge on any atom is -0.460 e. The predicted octanol–water partition coefficient (Wildman–Crippen LogP) is 1.63. The van der Waals surface area contributed by atoms with Crippen molar-refractivity contribution in [3.63, 3.8) is 0 Å². The van der Waals surface area contributed by atoms with Crippen molar-refractivity contribution in [3.8, 4) is 6.01 Å². The summed E-state index contributed by atoms with van der Waals surface area (Å²) in [6, 6.07) is 0.616. The number of likely N-dealkylation sites (tertiary alicyclic amines) is 1. The number of alkyl halides is 3. The molecular formula is C14H17F3N6O. The van der Waals surface area contributed by atoms with Crippen LogP contribution in [-0.2, 0) is 12.7 Å². The quantitative estimate of drug-likeness (QED) is 0.823. The lowest BCUT2D eigenvalue weighted by Crippen LogP contribution is -2.40. The van der Waals surface area contributed by atoms with E-state index in [1.54, 1.807) is 17.1 Å². The van der Waals surface area contributed by atoms with Crippen molar-refractivity contribution in [2.24, 2.45) is 0 Å². The first-order chi connectivity index (χ1) is 11.5. The van der Waals surface area contributed by atoms with Crippen LogP contribution in [0.3, 0.4) is 0 Å². The maximum absolute atomic E-state index is 12.6. The molecule has 1 aliphatic heterocycles. The highest BCUT2D eigenvalue weighted by molar-refractivity contribution is 5.09. The van der Waals surface area contributed by atoms with Crippen molar-refractivity contribution >= 4 is 0 Å². The Morgan fingerprint density at radius 1 is 1.17 bits per heavy atom. The van der Waals surface area contributed by atoms with E-state index in [9.17, 15) is 13.2 Å². The summed E-state index contributed by atoms with van der Waals surface area (Å²) in [5.41, 5.74) is -0.988. The number of hydrogen-bond donors (Lipinski definition) is 0. The Hall–Kier alpha value is -2.23. The van der Waals surface area contributed by atoms with Gasteiger partial charge >= 0.3 is 12.2 Å². The standard InChI is InChI=1S/C14H17F3N6O/c15-14(16,17)12-1-4-18-13(20-12)24-11-2-6-22(7-3-11)9-10-23-8-5-19-21-23/h1,4-5,8,11H,2-3,6-7,9-10H2. The molecule has 0 amide bonds. The summed E-state index contributed by atoms with van der Waals surface area (Å²) in [7, 11) is 0. The molecule has 1 saturated heterocycles. The Kier molecular flexibility index (Phi) is 4.93. The van der Waals surface area contributed by atoms with Crippen LogP contribution in [0.15, 0.2) is 24.7 Å². The molecule has 0 aromatic carbocycles. The lowest BCUT2D eigenvalue weighted by molar-refractivity contribution is -0.141. The maximum atomic E-state index is 12.6. The second kappa shape index (κ2) is 7.12. The van der Waals surface area contributed by atoms with Crippen LogP contribution in [0.2, 0.25) is 0 Å². The smallest absolute Gasteiger partial charge is 0.433 e. The summed E-state index contributed by atoms with van der Waals surface area (Å²) in [5, 5.41) is 7.66. The third-order valence-corrected chi connectivity index (χ3v) is 3.85. The number of halogens is 3. The molecule has 0 bridgehead atoms. The molecule has 7 nitrogen and oxygen atoms in total. The van der Waals surface area contributed by atoms with Crippen molar-refractivity contribution in [2.75, 3.05) is 19.6 Å². The highest BCUT2D eigenvalue weighted by Crippen LogP contribution is 2.28. The molecule has 3 rings (SSSR count). The molecule has 0 unspecified atom stereocenters. The third-order valence-electron chi connectivity index (χ3n) is 3.85. The predicted molar refractivity (Wildman–Crippen MR) is 77.1 cm³/mol. The number of nitrogens with zero attached hydrogens (tertiary/aromatic N) is 6. The third kappa shape index (κ3) is 4.40. The van der Waals surface area contributed by atoms with Crippen LogP contribution in [0.4, 0.5) is 13.2 Å². The van der Waals surface area contributed by atoms with Gasteiger partial charge in [0.15, 0.2) is 5.69 Å². The average Bonchev–Trinajstić information content (AvgIpc) is 3.07. The van der Waals surface area contributed by atoms with Crippen molar-refractivity contribution < 1.29 is 17.9 Å². The molecule has 2 aromatic heterocycles. The number of piperidine rings is 1. The van der Waals surface area contributed by atoms with Crippen molar-refractivity contribution in [1.29, 1.82) is 0 Å². The first-order valence-electron chi connectivity index (χ1n) is 7.64. The van der Waals surface area contributed by atoms with Crippen molar-refractivity contribution in [2.45, 2.75) is 31.7 Å². The fourth-order valence-electron chi connectivity index (χ4n) is 2.55. The van der Waals surface area contributed by atoms with Crippen LogP contribution >= 0.6 is 0 Å². The van der Waals surface area contributed by atoms with Crippen LogP contribution in [-0.4, -0.2) is 55.6 Å². The van der Waals surface area contributed by atoms with E-state index < -0.39 is 11.9 Å². The van der Waals surface area contributed by atoms with Gasteiger partial charge in [0.05, 0.1) is 12.7 Å². The van der Waals surface area contributed by atoms with Gasteiger partial charge in [-0.3, -0.25) is 4.68 Å². The number of rotatable bonds is 5. The van der Waals surface area contributed by atoms with E-state index in [0.717, 1.165) is 51.3 Å². The van der Waals surface area contributed by atoms with E-state index in [1.807, 2.05) is 0 Å². The summed E-state index contributed by atoms with van der Waals surface area (Å²) in [5.74, 6) is 0. The molecule has 2 aromatic rings. The normalized spacial score (nSPS) is 17.1. The minimum absolute atomic E-state index is 0.170. The van der Waals surface area contributed by atoms with Crippen LogP contribution < -0.4 is 4.74 Å². The molecule has 24 heavy (non-hydrogen) atoms. The van der Waals surface area contributed by atoms with Gasteiger partial charge in [-0.1, -0.05) is 5.21 Å². The van der Waals surface area contributed by atoms with E-state index in [2.05, 4.69) is 25.2 Å². The van der Waals surface area contributed by atoms with E-state index in [1.165, 1.54) is 0 Å². The molecule has 3 heterocycles. The molecule has 0 spiro atoms. The van der Waals surface area contributed by atoms with Gasteiger partial charge in [0.25, 0.3) is 0 Å². The second-order valence-electron chi connectivity index (χ2n) is 5.55. The first kappa shape index (κ1) is 16.6. The zero-order valence-corrected chi connectivity index (χ0v) is 12.9. The SMILES string of the molecule is FC(F)(F)c1ccnc(OC2CCN(CCn3ccnn3)CC2)n1. The molecule has 1 fully saturated rings. The molecule has 0 radical (unpaired) electrons. The van der Waals surface area contributed by atoms with Crippen LogP contribution in [0.5, 0.6) is 6.01 Å². The molecule has 1 aliphatic rings. The maximum Gasteiger partial charge on any atom is 0.433 e. The van der Waals surface area contributed by atoms with E-state index in [0.29, 0.717) is 0 Å². The molecule has 0 saturated carbocycles. The van der Waals surface area contributed by atoms with E-state index in [-0.39, 0.29) is 12.1 Å². The van der Waals surface area contributed by atoms with Gasteiger partial charge < -0.3 is 9.64 Å². The topological polar surface area (TPSA) is 69.0 Å². The summed E-state index contributed by atoms with van der Waals surface area (Å²) >= 11 is 0. The Labute approximate surface area is 136 Å². The lowest BCUT2D eigenvalue weighted by Gasteiger charge is -2.31. The summed E-state index contributed by atoms with van der Waals surface area (Å²) < 4.78 is 45.2. The van der Waals surface area contributed by atoms with Crippen molar-refractivity contribution in [3.05, 3.63) is 30.4 Å². The van der Waals surface area contributed by atoms with Gasteiger partial charge in [-0.25, -0.2) is 4.98 Å². The molecule has 0 aliphatic carbocycles. The van der Waals surface area contributed by atoms with Crippen LogP contribution in [0.1, 0.15) is 18.5 Å². The van der Waals surface area contributed by atoms with Crippen LogP contribution in [0.25, 0.3) is 0 Å². The number of aromatic nitrogens is 5. The van der Waals surface area contributed by atoms with Gasteiger partial charge in [0, 0.05) is 32.0 Å². The van der Waals surface area contributed by atoms with Gasteiger partial charge in [-0.2, -0.15) is 18.2 Å². The number of hydrogen-bond acceptors (Lipinski definition) is 6. The Bertz CT molecular complexity index is 640. The van der Waals surface area contributed by atoms with Gasteiger partial charge in [0.2, 0.25) is 0 Å². The van der Waals surface area contributed by atoms with Gasteiger partial charge in [-0.05, 0) is 18.9 Å². The van der Waals surface area contributed by atoms with Gasteiger partial charge in [0.1, 0.15) is 6.10 Å². The molecule has 0 N–H and O–H groups in total. The Morgan fingerprint density at radius 2 is 1.96 bits per heavy atom. The molecular weight excluding hydrogens is 325 g/mol. The fraction of sp³-hybridized carbons (Fsp3) is 0.571. The Balaban J connectivity index is 1.47. The summed E-state index contributed by atoms with van der Waals surface area (Å²) in [6.07, 6.45) is 1.28. The van der Waals surface area contributed by atoms with Crippen LogP contribution in [0, 0.1) is 0 Å². The highest BCUT2D eigenvalue weighted by Gasteiger charge is 2.33. The minimum atomic E-state index is -4.49. The zero-order chi connectivity index (χ0) is 17.0. The fourth-order valence-corrected chi connectivity index (χ4v) is 2.55. The molecule has 0 atom stereocenters. The second-order valence-corrected chi connectivity index (χ2v) is 5.55. The van der Waals surface area contributed by atoms with Gasteiger partial charge in [-0.15, -0.1) is 5.10 Å². The van der Waals surface area contributed by atoms with E-state index >= 15 is 0 Å².